The van der Waals surface area contributed by atoms with Gasteiger partial charge in [0.05, 0.1) is 26.4 Å². The molecule has 0 heterocycles. The molecule has 17 nitrogen and oxygen atoms in total. The summed E-state index contributed by atoms with van der Waals surface area (Å²) < 4.78 is 68.7. The topological polar surface area (TPSA) is 237 Å². The van der Waals surface area contributed by atoms with Crippen LogP contribution in [0.3, 0.4) is 0 Å². The normalized spacial score (nSPS) is 14.0. The minimum absolute atomic E-state index is 0.107. The summed E-state index contributed by atoms with van der Waals surface area (Å²) >= 11 is 0. The van der Waals surface area contributed by atoms with Gasteiger partial charge in [0, 0.05) is 25.7 Å². The van der Waals surface area contributed by atoms with E-state index in [1.54, 1.807) is 0 Å². The molecule has 0 radical (unpaired) electrons. The van der Waals surface area contributed by atoms with Crippen LogP contribution < -0.4 is 0 Å². The molecule has 576 valence electrons. The molecule has 97 heavy (non-hydrogen) atoms. The highest BCUT2D eigenvalue weighted by molar-refractivity contribution is 7.47. The van der Waals surface area contributed by atoms with Crippen LogP contribution in [0.2, 0.25) is 0 Å². The van der Waals surface area contributed by atoms with Crippen LogP contribution in [-0.4, -0.2) is 96.7 Å². The average molecular weight is 1420 g/mol. The smallest absolute Gasteiger partial charge is 0.462 e. The quantitative estimate of drug-likeness (QED) is 0.0222. The van der Waals surface area contributed by atoms with E-state index in [1.807, 2.05) is 0 Å². The van der Waals surface area contributed by atoms with E-state index in [4.69, 9.17) is 37.0 Å². The van der Waals surface area contributed by atoms with Gasteiger partial charge in [0.1, 0.15) is 19.3 Å². The van der Waals surface area contributed by atoms with Crippen molar-refractivity contribution in [2.45, 2.75) is 426 Å². The second-order valence-corrected chi connectivity index (χ2v) is 32.0. The maximum atomic E-state index is 13.1. The Labute approximate surface area is 594 Å². The van der Waals surface area contributed by atoms with Crippen LogP contribution in [0.1, 0.15) is 408 Å². The maximum Gasteiger partial charge on any atom is 0.472 e. The lowest BCUT2D eigenvalue weighted by atomic mass is 10.0. The van der Waals surface area contributed by atoms with Crippen molar-refractivity contribution < 1.29 is 80.2 Å². The Morgan fingerprint density at radius 2 is 0.474 bits per heavy atom. The summed E-state index contributed by atoms with van der Waals surface area (Å²) in [6, 6.07) is 0. The highest BCUT2D eigenvalue weighted by atomic mass is 31.2. The molecule has 19 heteroatoms. The number of esters is 4. The summed E-state index contributed by atoms with van der Waals surface area (Å²) in [5.74, 6) is -0.551. The highest BCUT2D eigenvalue weighted by Crippen LogP contribution is 2.45. The van der Waals surface area contributed by atoms with Crippen molar-refractivity contribution >= 4 is 39.5 Å². The SMILES string of the molecule is CCCCCCCCCCCCCCCCC(=O)O[C@H](COC(=O)CCCCCCCCCCCCCCC)COP(=O)(O)OC[C@H](O)COP(=O)(O)OC[C@@H](COC(=O)CCCCCCCCCCCCCCC(C)C)OC(=O)CCCCCCCCCCCCCCC(C)C. The van der Waals surface area contributed by atoms with Crippen molar-refractivity contribution in [3.05, 3.63) is 0 Å². The molecule has 0 rings (SSSR count). The zero-order valence-electron chi connectivity index (χ0n) is 63.4. The Morgan fingerprint density at radius 1 is 0.278 bits per heavy atom. The number of hydrogen-bond acceptors (Lipinski definition) is 15. The van der Waals surface area contributed by atoms with Crippen molar-refractivity contribution in [3.63, 3.8) is 0 Å². The molecular weight excluding hydrogens is 1270 g/mol. The van der Waals surface area contributed by atoms with Crippen LogP contribution in [0, 0.1) is 11.8 Å². The molecular formula is C78H152O17P2. The molecule has 3 N–H and O–H groups in total. The number of rotatable bonds is 77. The fourth-order valence-corrected chi connectivity index (χ4v) is 13.6. The first kappa shape index (κ1) is 95.1. The predicted octanol–water partition coefficient (Wildman–Crippen LogP) is 23.1. The van der Waals surface area contributed by atoms with E-state index in [1.165, 1.54) is 225 Å². The summed E-state index contributed by atoms with van der Waals surface area (Å²) in [5.41, 5.74) is 0. The first-order valence-electron chi connectivity index (χ1n) is 40.5. The Balaban J connectivity index is 5.27. The Morgan fingerprint density at radius 3 is 0.701 bits per heavy atom. The third-order valence-corrected chi connectivity index (χ3v) is 20.1. The molecule has 0 fully saturated rings. The Hall–Kier alpha value is -1.94. The van der Waals surface area contributed by atoms with Crippen molar-refractivity contribution in [2.75, 3.05) is 39.6 Å². The molecule has 0 saturated carbocycles. The zero-order valence-corrected chi connectivity index (χ0v) is 65.2. The number of carbonyl (C=O) groups is 4. The lowest BCUT2D eigenvalue weighted by molar-refractivity contribution is -0.161. The van der Waals surface area contributed by atoms with Crippen LogP contribution in [0.25, 0.3) is 0 Å². The minimum atomic E-state index is -4.96. The number of phosphoric ester groups is 2. The van der Waals surface area contributed by atoms with E-state index in [0.717, 1.165) is 102 Å². The van der Waals surface area contributed by atoms with Gasteiger partial charge in [0.15, 0.2) is 12.2 Å². The van der Waals surface area contributed by atoms with Gasteiger partial charge in [0.25, 0.3) is 0 Å². The van der Waals surface area contributed by atoms with E-state index in [2.05, 4.69) is 41.5 Å². The van der Waals surface area contributed by atoms with Gasteiger partial charge >= 0.3 is 39.5 Å². The molecule has 0 aromatic carbocycles. The molecule has 0 aliphatic rings. The van der Waals surface area contributed by atoms with Crippen LogP contribution in [0.5, 0.6) is 0 Å². The van der Waals surface area contributed by atoms with Gasteiger partial charge in [-0.1, -0.05) is 356 Å². The zero-order chi connectivity index (χ0) is 71.4. The lowest BCUT2D eigenvalue weighted by Gasteiger charge is -2.21. The summed E-state index contributed by atoms with van der Waals surface area (Å²) in [5, 5.41) is 10.6. The second-order valence-electron chi connectivity index (χ2n) is 29.1. The summed E-state index contributed by atoms with van der Waals surface area (Å²) in [6.07, 6.45) is 58.0. The second kappa shape index (κ2) is 69.8. The number of aliphatic hydroxyl groups is 1. The summed E-state index contributed by atoms with van der Waals surface area (Å²) in [7, 11) is -9.92. The number of unbranched alkanes of at least 4 members (excludes halogenated alkanes) is 47. The van der Waals surface area contributed by atoms with Gasteiger partial charge in [-0.2, -0.15) is 0 Å². The largest absolute Gasteiger partial charge is 0.472 e. The molecule has 0 bridgehead atoms. The molecule has 0 spiro atoms. The Bertz CT molecular complexity index is 1870. The third-order valence-electron chi connectivity index (χ3n) is 18.2. The molecule has 0 amide bonds. The molecule has 0 aromatic rings. The highest BCUT2D eigenvalue weighted by Gasteiger charge is 2.30. The van der Waals surface area contributed by atoms with E-state index in [-0.39, 0.29) is 25.7 Å². The van der Waals surface area contributed by atoms with E-state index >= 15 is 0 Å². The molecule has 0 saturated heterocycles. The predicted molar refractivity (Wildman–Crippen MR) is 395 cm³/mol. The van der Waals surface area contributed by atoms with Gasteiger partial charge in [-0.3, -0.25) is 37.3 Å². The Kier molecular flexibility index (Phi) is 68.4. The monoisotopic (exact) mass is 1420 g/mol. The molecule has 0 aliphatic carbocycles. The number of aliphatic hydroxyl groups excluding tert-OH is 1. The minimum Gasteiger partial charge on any atom is -0.462 e. The van der Waals surface area contributed by atoms with Crippen molar-refractivity contribution in [1.29, 1.82) is 0 Å². The number of phosphoric acid groups is 2. The molecule has 0 aromatic heterocycles. The van der Waals surface area contributed by atoms with Crippen LogP contribution in [0.4, 0.5) is 0 Å². The first-order valence-corrected chi connectivity index (χ1v) is 43.5. The first-order chi connectivity index (χ1) is 46.9. The van der Waals surface area contributed by atoms with Gasteiger partial charge < -0.3 is 33.8 Å². The summed E-state index contributed by atoms with van der Waals surface area (Å²) in [4.78, 5) is 73.0. The van der Waals surface area contributed by atoms with Crippen LogP contribution in [0.15, 0.2) is 0 Å². The lowest BCUT2D eigenvalue weighted by Crippen LogP contribution is -2.30. The number of ether oxygens (including phenoxy) is 4. The van der Waals surface area contributed by atoms with E-state index in [9.17, 15) is 43.2 Å². The van der Waals surface area contributed by atoms with Gasteiger partial charge in [0.2, 0.25) is 0 Å². The maximum absolute atomic E-state index is 13.1. The van der Waals surface area contributed by atoms with E-state index in [0.29, 0.717) is 25.7 Å². The van der Waals surface area contributed by atoms with Crippen LogP contribution >= 0.6 is 15.6 Å². The molecule has 0 aliphatic heterocycles. The average Bonchev–Trinajstić information content (AvgIpc) is 1.01. The third kappa shape index (κ3) is 72.2. The number of hydrogen-bond donors (Lipinski definition) is 3. The van der Waals surface area contributed by atoms with Gasteiger partial charge in [-0.15, -0.1) is 0 Å². The summed E-state index contributed by atoms with van der Waals surface area (Å²) in [6.45, 7) is 9.65. The van der Waals surface area contributed by atoms with Crippen molar-refractivity contribution in [1.82, 2.24) is 0 Å². The van der Waals surface area contributed by atoms with E-state index < -0.39 is 97.5 Å². The van der Waals surface area contributed by atoms with Gasteiger partial charge in [-0.25, -0.2) is 9.13 Å². The van der Waals surface area contributed by atoms with Crippen LogP contribution in [-0.2, 0) is 65.4 Å². The van der Waals surface area contributed by atoms with Gasteiger partial charge in [-0.05, 0) is 37.5 Å². The van der Waals surface area contributed by atoms with Crippen molar-refractivity contribution in [3.8, 4) is 0 Å². The van der Waals surface area contributed by atoms with Crippen molar-refractivity contribution in [2.24, 2.45) is 11.8 Å². The molecule has 2 unspecified atom stereocenters. The fourth-order valence-electron chi connectivity index (χ4n) is 12.0. The molecule has 5 atom stereocenters. The fraction of sp³-hybridized carbons (Fsp3) is 0.949. The number of carbonyl (C=O) groups excluding carboxylic acids is 4. The standard InChI is InChI=1S/C78H152O17P2/c1-7-9-11-13-15-17-19-21-23-32-38-44-50-56-62-77(82)94-73(66-88-75(80)60-54-48-42-36-30-22-20-18-16-14-12-10-8-2)68-92-96(84,85)90-64-72(79)65-91-97(86,87)93-69-74(95-78(83)63-57-51-45-39-33-27-25-29-35-41-47-53-59-71(5)6)67-89-76(81)61-55-49-43-37-31-26-24-28-34-40-46-52-58-70(3)4/h70-74,79H,7-69H2,1-6H3,(H,84,85)(H,86,87)/t72-,73+,74+/m0/s1.